The van der Waals surface area contributed by atoms with Crippen LogP contribution in [0.5, 0.6) is 5.75 Å². The van der Waals surface area contributed by atoms with Gasteiger partial charge in [0.05, 0.1) is 12.6 Å². The molecule has 2 aromatic carbocycles. The van der Waals surface area contributed by atoms with Gasteiger partial charge in [0.15, 0.2) is 0 Å². The molecule has 168 valence electrons. The van der Waals surface area contributed by atoms with Gasteiger partial charge in [0.25, 0.3) is 0 Å². The van der Waals surface area contributed by atoms with Crippen LogP contribution in [0, 0.1) is 0 Å². The predicted octanol–water partition coefficient (Wildman–Crippen LogP) is 5.30. The Morgan fingerprint density at radius 3 is 2.79 bits per heavy atom. The summed E-state index contributed by atoms with van der Waals surface area (Å²) in [5, 5.41) is 0.330. The van der Waals surface area contributed by atoms with E-state index >= 15 is 0 Å². The molecule has 3 heterocycles. The first-order valence-corrected chi connectivity index (χ1v) is 11.3. The number of carbonyl (C=O) groups is 2. The summed E-state index contributed by atoms with van der Waals surface area (Å²) >= 11 is 6.43. The van der Waals surface area contributed by atoms with Crippen molar-refractivity contribution in [2.24, 2.45) is 0 Å². The highest BCUT2D eigenvalue weighted by Crippen LogP contribution is 2.38. The monoisotopic (exact) mass is 462 g/mol. The first-order valence-electron chi connectivity index (χ1n) is 11.0. The molecule has 1 unspecified atom stereocenters. The van der Waals surface area contributed by atoms with Crippen LogP contribution in [0.4, 0.5) is 4.79 Å². The summed E-state index contributed by atoms with van der Waals surface area (Å²) in [7, 11) is 0. The largest absolute Gasteiger partial charge is 0.493 e. The van der Waals surface area contributed by atoms with Crippen LogP contribution in [0.2, 0.25) is 5.15 Å². The number of pyridine rings is 1. The fourth-order valence-corrected chi connectivity index (χ4v) is 4.87. The van der Waals surface area contributed by atoms with Gasteiger partial charge in [-0.3, -0.25) is 4.79 Å². The third-order valence-electron chi connectivity index (χ3n) is 6.33. The third-order valence-corrected chi connectivity index (χ3v) is 6.65. The topological polar surface area (TPSA) is 68.7 Å². The van der Waals surface area contributed by atoms with Crippen LogP contribution < -0.4 is 4.74 Å². The molecular formula is C26H23ClN2O4. The van der Waals surface area contributed by atoms with Crippen molar-refractivity contribution < 1.29 is 19.1 Å². The normalized spacial score (nSPS) is 20.2. The van der Waals surface area contributed by atoms with E-state index in [2.05, 4.69) is 4.98 Å². The maximum Gasteiger partial charge on any atom is 0.417 e. The van der Waals surface area contributed by atoms with Crippen LogP contribution >= 0.6 is 11.6 Å². The summed E-state index contributed by atoms with van der Waals surface area (Å²) in [6.07, 6.45) is 1.39. The molecule has 2 aliphatic rings. The zero-order chi connectivity index (χ0) is 22.9. The number of nitrogens with zero attached hydrogens (tertiary/aromatic N) is 2. The summed E-state index contributed by atoms with van der Waals surface area (Å²) in [6.45, 7) is 2.48. The Bertz CT molecular complexity index is 1200. The summed E-state index contributed by atoms with van der Waals surface area (Å²) < 4.78 is 11.3. The molecule has 1 saturated heterocycles. The molecular weight excluding hydrogens is 440 g/mol. The van der Waals surface area contributed by atoms with E-state index in [0.717, 1.165) is 34.4 Å². The van der Waals surface area contributed by atoms with Crippen LogP contribution in [0.25, 0.3) is 0 Å². The van der Waals surface area contributed by atoms with Crippen molar-refractivity contribution in [3.63, 3.8) is 0 Å². The van der Waals surface area contributed by atoms with E-state index in [4.69, 9.17) is 21.1 Å². The number of ether oxygens (including phenoxy) is 2. The van der Waals surface area contributed by atoms with Crippen LogP contribution in [0.3, 0.4) is 0 Å². The molecule has 3 atom stereocenters. The molecule has 0 bridgehead atoms. The highest BCUT2D eigenvalue weighted by atomic mass is 35.5. The van der Waals surface area contributed by atoms with E-state index in [9.17, 15) is 9.59 Å². The first-order chi connectivity index (χ1) is 16.0. The van der Waals surface area contributed by atoms with Crippen LogP contribution in [0.1, 0.15) is 47.6 Å². The number of benzene rings is 2. The third kappa shape index (κ3) is 4.07. The molecule has 5 rings (SSSR count). The highest BCUT2D eigenvalue weighted by molar-refractivity contribution is 6.30. The van der Waals surface area contributed by atoms with Gasteiger partial charge in [-0.2, -0.15) is 0 Å². The van der Waals surface area contributed by atoms with Gasteiger partial charge in [-0.15, -0.1) is 0 Å². The Morgan fingerprint density at radius 1 is 1.18 bits per heavy atom. The number of amides is 2. The number of hydrogen-bond donors (Lipinski definition) is 0. The van der Waals surface area contributed by atoms with Crippen molar-refractivity contribution in [3.8, 4) is 5.75 Å². The average Bonchev–Trinajstić information content (AvgIpc) is 3.41. The fourth-order valence-electron chi connectivity index (χ4n) is 4.62. The molecule has 0 saturated carbocycles. The number of rotatable bonds is 5. The fraction of sp³-hybridized carbons (Fsp3) is 0.269. The number of hydrogen-bond acceptors (Lipinski definition) is 5. The lowest BCUT2D eigenvalue weighted by atomic mass is 9.88. The van der Waals surface area contributed by atoms with Crippen molar-refractivity contribution in [2.45, 2.75) is 37.8 Å². The molecule has 7 heteroatoms. The Kier molecular flexibility index (Phi) is 5.77. The molecule has 33 heavy (non-hydrogen) atoms. The molecule has 1 aromatic heterocycles. The molecule has 0 radical (unpaired) electrons. The van der Waals surface area contributed by atoms with E-state index in [1.54, 1.807) is 12.3 Å². The summed E-state index contributed by atoms with van der Waals surface area (Å²) in [5.74, 6) is 0.115. The smallest absolute Gasteiger partial charge is 0.417 e. The minimum Gasteiger partial charge on any atom is -0.493 e. The van der Waals surface area contributed by atoms with Crippen molar-refractivity contribution in [1.82, 2.24) is 9.88 Å². The van der Waals surface area contributed by atoms with Gasteiger partial charge in [-0.25, -0.2) is 14.7 Å². The van der Waals surface area contributed by atoms with Gasteiger partial charge < -0.3 is 9.47 Å². The minimum absolute atomic E-state index is 0.0468. The van der Waals surface area contributed by atoms with Crippen molar-refractivity contribution in [2.75, 3.05) is 6.61 Å². The van der Waals surface area contributed by atoms with Gasteiger partial charge in [0.2, 0.25) is 5.91 Å². The summed E-state index contributed by atoms with van der Waals surface area (Å²) in [6, 6.07) is 18.7. The van der Waals surface area contributed by atoms with Gasteiger partial charge in [-0.1, -0.05) is 60.1 Å². The standard InChI is InChI=1S/C26H23ClN2O4/c1-16-24(18-6-3-2-4-7-18)33-26(31)29(16)23(30)15-21(20-8-5-12-28-25(20)27)19-10-9-17-11-13-32-22(17)14-19/h2-10,12,14,16,21,24H,11,13,15H2,1H3/t16-,21?,24-/m0/s1. The Morgan fingerprint density at radius 2 is 2.00 bits per heavy atom. The SMILES string of the molecule is C[C@H]1[C@@H](c2ccccc2)OC(=O)N1C(=O)CC(c1ccc2c(c1)OCC2)c1cccnc1Cl. The molecule has 2 amide bonds. The maximum absolute atomic E-state index is 13.5. The number of aromatic nitrogens is 1. The molecule has 0 N–H and O–H groups in total. The van der Waals surface area contributed by atoms with Crippen molar-refractivity contribution in [1.29, 1.82) is 0 Å². The van der Waals surface area contributed by atoms with E-state index in [0.29, 0.717) is 11.8 Å². The number of fused-ring (bicyclic) bond motifs is 1. The molecule has 2 aliphatic heterocycles. The molecule has 0 aliphatic carbocycles. The lowest BCUT2D eigenvalue weighted by Gasteiger charge is -2.23. The maximum atomic E-state index is 13.5. The average molecular weight is 463 g/mol. The van der Waals surface area contributed by atoms with E-state index in [1.807, 2.05) is 61.5 Å². The van der Waals surface area contributed by atoms with E-state index in [-0.39, 0.29) is 18.2 Å². The van der Waals surface area contributed by atoms with Crippen LogP contribution in [0.15, 0.2) is 66.9 Å². The lowest BCUT2D eigenvalue weighted by Crippen LogP contribution is -2.38. The van der Waals surface area contributed by atoms with Crippen LogP contribution in [-0.4, -0.2) is 34.5 Å². The second-order valence-electron chi connectivity index (χ2n) is 8.33. The number of halogens is 1. The van der Waals surface area contributed by atoms with Crippen molar-refractivity contribution in [3.05, 3.63) is 94.3 Å². The molecule has 3 aromatic rings. The van der Waals surface area contributed by atoms with Gasteiger partial charge in [0.1, 0.15) is 17.0 Å². The van der Waals surface area contributed by atoms with Crippen LogP contribution in [-0.2, 0) is 16.0 Å². The zero-order valence-electron chi connectivity index (χ0n) is 18.1. The Balaban J connectivity index is 1.45. The zero-order valence-corrected chi connectivity index (χ0v) is 18.9. The number of carbonyl (C=O) groups excluding carboxylic acids is 2. The molecule has 1 fully saturated rings. The second kappa shape index (κ2) is 8.87. The first kappa shape index (κ1) is 21.5. The lowest BCUT2D eigenvalue weighted by molar-refractivity contribution is -0.129. The highest BCUT2D eigenvalue weighted by Gasteiger charge is 2.44. The van der Waals surface area contributed by atoms with Crippen molar-refractivity contribution >= 4 is 23.6 Å². The minimum atomic E-state index is -0.630. The second-order valence-corrected chi connectivity index (χ2v) is 8.68. The quantitative estimate of drug-likeness (QED) is 0.481. The number of imide groups is 1. The summed E-state index contributed by atoms with van der Waals surface area (Å²) in [5.41, 5.74) is 3.61. The Labute approximate surface area is 197 Å². The van der Waals surface area contributed by atoms with E-state index < -0.39 is 18.2 Å². The van der Waals surface area contributed by atoms with Gasteiger partial charge >= 0.3 is 6.09 Å². The predicted molar refractivity (Wildman–Crippen MR) is 123 cm³/mol. The molecule has 0 spiro atoms. The van der Waals surface area contributed by atoms with E-state index in [1.165, 1.54) is 4.90 Å². The van der Waals surface area contributed by atoms with Gasteiger partial charge in [0, 0.05) is 25.0 Å². The van der Waals surface area contributed by atoms with Gasteiger partial charge in [-0.05, 0) is 41.3 Å². The Hall–Kier alpha value is -3.38. The molecule has 6 nitrogen and oxygen atoms in total. The summed E-state index contributed by atoms with van der Waals surface area (Å²) in [4.78, 5) is 31.6. The number of cyclic esters (lactones) is 1.